The Kier molecular flexibility index (Phi) is 4.24. The lowest BCUT2D eigenvalue weighted by Gasteiger charge is -2.09. The van der Waals surface area contributed by atoms with Gasteiger partial charge in [0.1, 0.15) is 0 Å². The van der Waals surface area contributed by atoms with Gasteiger partial charge in [-0.15, -0.1) is 0 Å². The van der Waals surface area contributed by atoms with Crippen LogP contribution in [0.15, 0.2) is 57.5 Å². The lowest BCUT2D eigenvalue weighted by atomic mass is 10.0. The number of aromatic nitrogens is 1. The van der Waals surface area contributed by atoms with Crippen LogP contribution in [0.25, 0.3) is 22.2 Å². The zero-order valence-electron chi connectivity index (χ0n) is 11.3. The third-order valence-electron chi connectivity index (χ3n) is 3.29. The van der Waals surface area contributed by atoms with E-state index >= 15 is 0 Å². The molecular formula is C16H11Br2N3O. The molecule has 22 heavy (non-hydrogen) atoms. The summed E-state index contributed by atoms with van der Waals surface area (Å²) in [6, 6.07) is 15.1. The van der Waals surface area contributed by atoms with Crippen LogP contribution < -0.4 is 11.3 Å². The molecule has 0 saturated carbocycles. The number of nitrogen functional groups attached to an aromatic ring is 1. The van der Waals surface area contributed by atoms with Crippen LogP contribution in [-0.2, 0) is 0 Å². The molecule has 3 aromatic rings. The molecule has 1 aromatic heterocycles. The maximum atomic E-state index is 12.1. The molecule has 2 aromatic carbocycles. The first-order chi connectivity index (χ1) is 10.6. The zero-order valence-corrected chi connectivity index (χ0v) is 14.5. The minimum absolute atomic E-state index is 0.344. The summed E-state index contributed by atoms with van der Waals surface area (Å²) in [4.78, 5) is 16.7. The van der Waals surface area contributed by atoms with Gasteiger partial charge < -0.3 is 0 Å². The lowest BCUT2D eigenvalue weighted by molar-refractivity contribution is 0.0955. The summed E-state index contributed by atoms with van der Waals surface area (Å²) in [5, 5.41) is 0.748. The number of fused-ring (bicyclic) bond motifs is 1. The van der Waals surface area contributed by atoms with Gasteiger partial charge in [0.05, 0.1) is 16.8 Å². The number of benzene rings is 2. The van der Waals surface area contributed by atoms with Crippen molar-refractivity contribution in [3.05, 3.63) is 63.0 Å². The van der Waals surface area contributed by atoms with Gasteiger partial charge in [0, 0.05) is 19.9 Å². The van der Waals surface area contributed by atoms with E-state index in [1.807, 2.05) is 42.5 Å². The summed E-state index contributed by atoms with van der Waals surface area (Å²) in [7, 11) is 0. The highest BCUT2D eigenvalue weighted by molar-refractivity contribution is 9.10. The van der Waals surface area contributed by atoms with Crippen LogP contribution in [0.2, 0.25) is 0 Å². The Morgan fingerprint density at radius 3 is 2.36 bits per heavy atom. The molecular weight excluding hydrogens is 410 g/mol. The van der Waals surface area contributed by atoms with Crippen LogP contribution in [0.3, 0.4) is 0 Å². The van der Waals surface area contributed by atoms with Crippen molar-refractivity contribution in [2.24, 2.45) is 5.84 Å². The summed E-state index contributed by atoms with van der Waals surface area (Å²) < 4.78 is 1.87. The first-order valence-corrected chi connectivity index (χ1v) is 8.04. The molecule has 3 rings (SSSR count). The molecule has 0 aliphatic rings. The fraction of sp³-hybridized carbons (Fsp3) is 0. The van der Waals surface area contributed by atoms with Crippen LogP contribution in [0.1, 0.15) is 10.4 Å². The molecule has 0 fully saturated rings. The molecule has 1 amide bonds. The summed E-state index contributed by atoms with van der Waals surface area (Å²) in [6.45, 7) is 0. The molecule has 0 aliphatic carbocycles. The number of carbonyl (C=O) groups excluding carboxylic acids is 1. The van der Waals surface area contributed by atoms with E-state index < -0.39 is 0 Å². The highest BCUT2D eigenvalue weighted by atomic mass is 79.9. The van der Waals surface area contributed by atoms with E-state index in [2.05, 4.69) is 42.3 Å². The Morgan fingerprint density at radius 2 is 1.68 bits per heavy atom. The summed E-state index contributed by atoms with van der Waals surface area (Å²) >= 11 is 6.82. The molecule has 0 saturated heterocycles. The smallest absolute Gasteiger partial charge is 0.265 e. The monoisotopic (exact) mass is 419 g/mol. The summed E-state index contributed by atoms with van der Waals surface area (Å²) in [5.74, 6) is 4.96. The van der Waals surface area contributed by atoms with Crippen molar-refractivity contribution in [3.8, 4) is 11.3 Å². The average molecular weight is 421 g/mol. The molecule has 0 bridgehead atoms. The third kappa shape index (κ3) is 2.90. The number of amides is 1. The molecule has 0 spiro atoms. The number of rotatable bonds is 2. The first kappa shape index (κ1) is 15.1. The molecule has 6 heteroatoms. The van der Waals surface area contributed by atoms with Crippen molar-refractivity contribution < 1.29 is 4.79 Å². The molecule has 0 atom stereocenters. The Morgan fingerprint density at radius 1 is 1.00 bits per heavy atom. The van der Waals surface area contributed by atoms with Gasteiger partial charge in [0.15, 0.2) is 0 Å². The Hall–Kier alpha value is -1.76. The van der Waals surface area contributed by atoms with Crippen molar-refractivity contribution in [1.82, 2.24) is 10.4 Å². The Bertz CT molecular complexity index is 863. The number of carbonyl (C=O) groups is 1. The van der Waals surface area contributed by atoms with Crippen molar-refractivity contribution in [2.75, 3.05) is 0 Å². The number of hydrazine groups is 1. The molecule has 4 nitrogen and oxygen atoms in total. The topological polar surface area (TPSA) is 68.0 Å². The standard InChI is InChI=1S/C16H11Br2N3O/c17-10-3-1-9(2-4-10)15-8-13(16(22)21-19)12-7-11(18)5-6-14(12)20-15/h1-8H,19H2,(H,21,22). The van der Waals surface area contributed by atoms with E-state index in [4.69, 9.17) is 5.84 Å². The number of hydrogen-bond acceptors (Lipinski definition) is 3. The molecule has 110 valence electrons. The van der Waals surface area contributed by atoms with E-state index in [0.29, 0.717) is 5.56 Å². The van der Waals surface area contributed by atoms with Crippen molar-refractivity contribution in [1.29, 1.82) is 0 Å². The van der Waals surface area contributed by atoms with Gasteiger partial charge in [0.25, 0.3) is 5.91 Å². The van der Waals surface area contributed by atoms with Crippen LogP contribution in [0, 0.1) is 0 Å². The second-order valence-corrected chi connectivity index (χ2v) is 6.53. The number of nitrogens with one attached hydrogen (secondary N) is 1. The van der Waals surface area contributed by atoms with Gasteiger partial charge in [-0.25, -0.2) is 10.8 Å². The summed E-state index contributed by atoms with van der Waals surface area (Å²) in [5.41, 5.74) is 5.07. The van der Waals surface area contributed by atoms with Gasteiger partial charge in [-0.05, 0) is 36.4 Å². The fourth-order valence-corrected chi connectivity index (χ4v) is 2.86. The number of pyridine rings is 1. The quantitative estimate of drug-likeness (QED) is 0.373. The van der Waals surface area contributed by atoms with Gasteiger partial charge in [-0.1, -0.05) is 44.0 Å². The van der Waals surface area contributed by atoms with Gasteiger partial charge in [-0.2, -0.15) is 0 Å². The van der Waals surface area contributed by atoms with Crippen LogP contribution >= 0.6 is 31.9 Å². The van der Waals surface area contributed by atoms with Crippen LogP contribution in [-0.4, -0.2) is 10.9 Å². The van der Waals surface area contributed by atoms with E-state index in [1.165, 1.54) is 0 Å². The Labute approximate surface area is 144 Å². The minimum Gasteiger partial charge on any atom is -0.290 e. The predicted molar refractivity (Wildman–Crippen MR) is 94.2 cm³/mol. The van der Waals surface area contributed by atoms with E-state index in [-0.39, 0.29) is 5.91 Å². The van der Waals surface area contributed by atoms with Crippen molar-refractivity contribution in [3.63, 3.8) is 0 Å². The molecule has 3 N–H and O–H groups in total. The van der Waals surface area contributed by atoms with Gasteiger partial charge >= 0.3 is 0 Å². The third-order valence-corrected chi connectivity index (χ3v) is 4.31. The number of halogens is 2. The van der Waals surface area contributed by atoms with Gasteiger partial charge in [0.2, 0.25) is 0 Å². The second kappa shape index (κ2) is 6.16. The first-order valence-electron chi connectivity index (χ1n) is 6.45. The highest BCUT2D eigenvalue weighted by Crippen LogP contribution is 2.27. The number of nitrogens with two attached hydrogens (primary N) is 1. The Balaban J connectivity index is 2.26. The molecule has 0 radical (unpaired) electrons. The number of hydrogen-bond donors (Lipinski definition) is 2. The maximum absolute atomic E-state index is 12.1. The normalized spacial score (nSPS) is 10.7. The molecule has 0 unspecified atom stereocenters. The van der Waals surface area contributed by atoms with E-state index in [9.17, 15) is 4.79 Å². The zero-order chi connectivity index (χ0) is 15.7. The van der Waals surface area contributed by atoms with E-state index in [0.717, 1.165) is 31.1 Å². The fourth-order valence-electron chi connectivity index (χ4n) is 2.23. The average Bonchev–Trinajstić information content (AvgIpc) is 2.54. The SMILES string of the molecule is NNC(=O)c1cc(-c2ccc(Br)cc2)nc2ccc(Br)cc12. The highest BCUT2D eigenvalue weighted by Gasteiger charge is 2.13. The van der Waals surface area contributed by atoms with E-state index in [1.54, 1.807) is 6.07 Å². The predicted octanol–water partition coefficient (Wildman–Crippen LogP) is 4.03. The van der Waals surface area contributed by atoms with Gasteiger partial charge in [-0.3, -0.25) is 10.2 Å². The van der Waals surface area contributed by atoms with Crippen LogP contribution in [0.4, 0.5) is 0 Å². The van der Waals surface area contributed by atoms with Crippen molar-refractivity contribution >= 4 is 48.7 Å². The maximum Gasteiger partial charge on any atom is 0.265 e. The largest absolute Gasteiger partial charge is 0.290 e. The second-order valence-electron chi connectivity index (χ2n) is 4.70. The summed E-state index contributed by atoms with van der Waals surface area (Å²) in [6.07, 6.45) is 0. The molecule has 1 heterocycles. The minimum atomic E-state index is -0.344. The lowest BCUT2D eigenvalue weighted by Crippen LogP contribution is -2.30. The van der Waals surface area contributed by atoms with Crippen molar-refractivity contribution in [2.45, 2.75) is 0 Å². The van der Waals surface area contributed by atoms with Crippen LogP contribution in [0.5, 0.6) is 0 Å². The number of nitrogens with zero attached hydrogens (tertiary/aromatic N) is 1. The molecule has 0 aliphatic heterocycles.